The number of carbonyl (C=O) groups is 1. The molecule has 0 bridgehead atoms. The number of carboxylic acids is 1. The Labute approximate surface area is 235 Å². The maximum atomic E-state index is 11.6. The number of halogens is 1. The normalized spacial score (nSPS) is 19.3. The van der Waals surface area contributed by atoms with Crippen LogP contribution in [0.1, 0.15) is 33.9 Å². The van der Waals surface area contributed by atoms with Crippen molar-refractivity contribution in [2.24, 2.45) is 0 Å². The largest absolute Gasteiger partial charge is 0.478 e. The molecule has 10 heteroatoms. The lowest BCUT2D eigenvalue weighted by Gasteiger charge is -2.30. The number of carboxylic acid groups (broad SMARTS) is 1. The molecule has 8 nitrogen and oxygen atoms in total. The second-order valence-corrected chi connectivity index (χ2v) is 10.1. The number of aromatic carboxylic acids is 1. The molecule has 2 aliphatic rings. The molecule has 4 heterocycles. The van der Waals surface area contributed by atoms with Crippen molar-refractivity contribution in [1.29, 1.82) is 0 Å². The lowest BCUT2D eigenvalue weighted by molar-refractivity contribution is 0.0697. The van der Waals surface area contributed by atoms with E-state index in [2.05, 4.69) is 39.5 Å². The first-order chi connectivity index (χ1) is 19.0. The van der Waals surface area contributed by atoms with E-state index in [9.17, 15) is 9.90 Å². The van der Waals surface area contributed by atoms with Gasteiger partial charge in [-0.05, 0) is 78.9 Å². The molecular formula is C29H25ClN4O4S. The summed E-state index contributed by atoms with van der Waals surface area (Å²) in [5.74, 6) is 0.0762. The van der Waals surface area contributed by atoms with Crippen molar-refractivity contribution in [3.8, 4) is 11.3 Å². The van der Waals surface area contributed by atoms with E-state index in [-0.39, 0.29) is 17.6 Å². The van der Waals surface area contributed by atoms with Crippen LogP contribution in [0.3, 0.4) is 0 Å². The van der Waals surface area contributed by atoms with Crippen LogP contribution in [0.5, 0.6) is 0 Å². The molecule has 6 rings (SSSR count). The third-order valence-corrected chi connectivity index (χ3v) is 7.64. The van der Waals surface area contributed by atoms with Crippen LogP contribution in [0.2, 0.25) is 5.02 Å². The standard InChI is InChI=1S/C29H25ClN4O4S/c30-22-9-4-18(28(35)36)17-21(22)24-10-11-25(38-24)27-26(23-3-1-2-12-31-23)32-29(39)34(27)20-7-5-19(6-8-20)33-13-15-37-16-14-33/h1-12,17,26-27H,13-16H2,(H,32,39)(H,35,36)/t26-,27+/m0/s1. The number of furan rings is 1. The van der Waals surface area contributed by atoms with E-state index in [1.807, 2.05) is 29.2 Å². The molecule has 2 N–H and O–H groups in total. The maximum Gasteiger partial charge on any atom is 0.335 e. The van der Waals surface area contributed by atoms with E-state index >= 15 is 0 Å². The summed E-state index contributed by atoms with van der Waals surface area (Å²) in [5.41, 5.74) is 3.50. The summed E-state index contributed by atoms with van der Waals surface area (Å²) < 4.78 is 11.9. The second kappa shape index (κ2) is 10.7. The Kier molecular flexibility index (Phi) is 6.95. The van der Waals surface area contributed by atoms with Gasteiger partial charge in [0, 0.05) is 36.2 Å². The number of thiocarbonyl (C=S) groups is 1. The number of benzene rings is 2. The number of morpholine rings is 1. The van der Waals surface area contributed by atoms with Gasteiger partial charge in [0.15, 0.2) is 5.11 Å². The van der Waals surface area contributed by atoms with Gasteiger partial charge in [-0.15, -0.1) is 0 Å². The lowest BCUT2D eigenvalue weighted by Crippen LogP contribution is -2.36. The van der Waals surface area contributed by atoms with Gasteiger partial charge in [-0.1, -0.05) is 17.7 Å². The minimum atomic E-state index is -1.04. The number of ether oxygens (including phenoxy) is 1. The smallest absolute Gasteiger partial charge is 0.335 e. The molecule has 0 saturated carbocycles. The fraction of sp³-hybridized carbons (Fsp3) is 0.207. The highest BCUT2D eigenvalue weighted by atomic mass is 35.5. The average Bonchev–Trinajstić information content (AvgIpc) is 3.59. The zero-order valence-corrected chi connectivity index (χ0v) is 22.4. The van der Waals surface area contributed by atoms with Crippen molar-refractivity contribution in [3.63, 3.8) is 0 Å². The first kappa shape index (κ1) is 25.4. The average molecular weight is 561 g/mol. The molecular weight excluding hydrogens is 536 g/mol. The molecule has 0 radical (unpaired) electrons. The maximum absolute atomic E-state index is 11.6. The van der Waals surface area contributed by atoms with E-state index < -0.39 is 5.97 Å². The van der Waals surface area contributed by atoms with Crippen LogP contribution in [0.4, 0.5) is 11.4 Å². The Morgan fingerprint density at radius 3 is 2.51 bits per heavy atom. The van der Waals surface area contributed by atoms with Crippen molar-refractivity contribution in [3.05, 3.63) is 101 Å². The Morgan fingerprint density at radius 1 is 1.03 bits per heavy atom. The van der Waals surface area contributed by atoms with E-state index in [0.29, 0.717) is 27.2 Å². The minimum absolute atomic E-state index is 0.129. The van der Waals surface area contributed by atoms with Gasteiger partial charge in [0.2, 0.25) is 0 Å². The van der Waals surface area contributed by atoms with Gasteiger partial charge in [0.1, 0.15) is 17.6 Å². The Balaban J connectivity index is 1.39. The highest BCUT2D eigenvalue weighted by Crippen LogP contribution is 2.43. The topological polar surface area (TPSA) is 91.1 Å². The van der Waals surface area contributed by atoms with E-state index in [1.165, 1.54) is 12.1 Å². The second-order valence-electron chi connectivity index (χ2n) is 9.31. The quantitative estimate of drug-likeness (QED) is 0.288. The van der Waals surface area contributed by atoms with Crippen LogP contribution in [0.15, 0.2) is 83.4 Å². The van der Waals surface area contributed by atoms with Gasteiger partial charge < -0.3 is 29.4 Å². The van der Waals surface area contributed by atoms with Crippen molar-refractivity contribution >= 4 is 46.3 Å². The van der Waals surface area contributed by atoms with E-state index in [1.54, 1.807) is 18.3 Å². The lowest BCUT2D eigenvalue weighted by atomic mass is 10.0. The molecule has 0 spiro atoms. The third kappa shape index (κ3) is 4.96. The molecule has 39 heavy (non-hydrogen) atoms. The number of nitrogens with zero attached hydrogens (tertiary/aromatic N) is 3. The molecule has 0 aliphatic carbocycles. The Hall–Kier alpha value is -3.92. The van der Waals surface area contributed by atoms with Crippen LogP contribution < -0.4 is 15.1 Å². The molecule has 0 unspecified atom stereocenters. The number of aromatic nitrogens is 1. The molecule has 2 saturated heterocycles. The van der Waals surface area contributed by atoms with Crippen LogP contribution >= 0.6 is 23.8 Å². The van der Waals surface area contributed by atoms with Crippen molar-refractivity contribution in [2.75, 3.05) is 36.1 Å². The van der Waals surface area contributed by atoms with Gasteiger partial charge in [0.25, 0.3) is 0 Å². The zero-order valence-electron chi connectivity index (χ0n) is 20.8. The summed E-state index contributed by atoms with van der Waals surface area (Å²) in [5, 5.41) is 13.8. The summed E-state index contributed by atoms with van der Waals surface area (Å²) in [4.78, 5) is 20.5. The summed E-state index contributed by atoms with van der Waals surface area (Å²) in [7, 11) is 0. The monoisotopic (exact) mass is 560 g/mol. The number of hydrogen-bond donors (Lipinski definition) is 2. The third-order valence-electron chi connectivity index (χ3n) is 7.00. The number of anilines is 2. The molecule has 2 aromatic carbocycles. The number of rotatable bonds is 6. The molecule has 0 amide bonds. The molecule has 198 valence electrons. The molecule has 2 aromatic heterocycles. The van der Waals surface area contributed by atoms with E-state index in [0.717, 1.165) is 43.4 Å². The molecule has 2 atom stereocenters. The highest BCUT2D eigenvalue weighted by molar-refractivity contribution is 7.80. The van der Waals surface area contributed by atoms with Crippen LogP contribution in [-0.4, -0.2) is 47.5 Å². The predicted molar refractivity (Wildman–Crippen MR) is 154 cm³/mol. The van der Waals surface area contributed by atoms with Crippen LogP contribution in [-0.2, 0) is 4.74 Å². The number of nitrogens with one attached hydrogen (secondary N) is 1. The molecule has 2 aliphatic heterocycles. The summed E-state index contributed by atoms with van der Waals surface area (Å²) in [6.45, 7) is 3.15. The van der Waals surface area contributed by atoms with Crippen LogP contribution in [0.25, 0.3) is 11.3 Å². The summed E-state index contributed by atoms with van der Waals surface area (Å²) >= 11 is 12.3. The van der Waals surface area contributed by atoms with Gasteiger partial charge in [0.05, 0.1) is 35.5 Å². The van der Waals surface area contributed by atoms with Crippen molar-refractivity contribution in [1.82, 2.24) is 10.3 Å². The van der Waals surface area contributed by atoms with Gasteiger partial charge in [-0.2, -0.15) is 0 Å². The Morgan fingerprint density at radius 2 is 1.79 bits per heavy atom. The number of pyridine rings is 1. The summed E-state index contributed by atoms with van der Waals surface area (Å²) in [6, 6.07) is 21.7. The van der Waals surface area contributed by atoms with Crippen molar-refractivity contribution in [2.45, 2.75) is 12.1 Å². The zero-order chi connectivity index (χ0) is 26.9. The number of hydrogen-bond acceptors (Lipinski definition) is 6. The SMILES string of the molecule is O=C(O)c1ccc(Cl)c(-c2ccc([C@@H]3[C@H](c4ccccn4)NC(=S)N3c3ccc(N4CCOCC4)cc3)o2)c1. The summed E-state index contributed by atoms with van der Waals surface area (Å²) in [6.07, 6.45) is 1.75. The first-order valence-electron chi connectivity index (χ1n) is 12.6. The van der Waals surface area contributed by atoms with Gasteiger partial charge in [-0.3, -0.25) is 4.98 Å². The van der Waals surface area contributed by atoms with Gasteiger partial charge in [-0.25, -0.2) is 4.79 Å². The van der Waals surface area contributed by atoms with Crippen molar-refractivity contribution < 1.29 is 19.1 Å². The minimum Gasteiger partial charge on any atom is -0.478 e. The van der Waals surface area contributed by atoms with E-state index in [4.69, 9.17) is 33.0 Å². The molecule has 2 fully saturated rings. The molecule has 4 aromatic rings. The fourth-order valence-corrected chi connectivity index (χ4v) is 5.63. The first-order valence-corrected chi connectivity index (χ1v) is 13.3. The Bertz CT molecular complexity index is 1510. The van der Waals surface area contributed by atoms with Gasteiger partial charge >= 0.3 is 5.97 Å². The highest BCUT2D eigenvalue weighted by Gasteiger charge is 2.42. The predicted octanol–water partition coefficient (Wildman–Crippen LogP) is 5.71. The fourth-order valence-electron chi connectivity index (χ4n) is 5.07. The van der Waals surface area contributed by atoms with Crippen LogP contribution in [0, 0.1) is 0 Å².